The van der Waals surface area contributed by atoms with E-state index < -0.39 is 11.1 Å². The molecule has 0 rings (SSSR count). The Hall–Kier alpha value is -0.230. The normalized spacial score (nSPS) is 10.3. The highest BCUT2D eigenvalue weighted by Gasteiger charge is 1.84. The molecule has 0 aliphatic rings. The van der Waals surface area contributed by atoms with Gasteiger partial charge in [-0.1, -0.05) is 5.16 Å². The third-order valence-electron chi connectivity index (χ3n) is 1.58. The van der Waals surface area contributed by atoms with Crippen LogP contribution in [0.2, 0.25) is 0 Å². The van der Waals surface area contributed by atoms with Crippen molar-refractivity contribution in [1.82, 2.24) is 10.0 Å². The number of rotatable bonds is 6. The first-order valence-corrected chi connectivity index (χ1v) is 10.7. The van der Waals surface area contributed by atoms with Crippen molar-refractivity contribution in [1.29, 1.82) is 0 Å². The molecular formula is C15H41N3O5S2. The molecule has 1 atom stereocenters. The van der Waals surface area contributed by atoms with E-state index in [1.54, 1.807) is 25.8 Å². The lowest BCUT2D eigenvalue weighted by molar-refractivity contribution is -0.268. The van der Waals surface area contributed by atoms with Crippen LogP contribution >= 0.6 is 11.8 Å². The standard InChI is InChI=1S/C4H12N2.C3H7NO2S.C3H8O2.C3H8O.C2H6S/c1-5(2)6(3)4;1-3-4-6-7(2)5;1-3-5-4-2;1-3-4-2;1-3-2/h1-4H3;3H,1-2H3;3H2,1-2H3;3H2,1-2H3;1-2H3/b;4-3-;;;. The quantitative estimate of drug-likeness (QED) is 0.378. The van der Waals surface area contributed by atoms with E-state index in [0.717, 1.165) is 6.61 Å². The van der Waals surface area contributed by atoms with Gasteiger partial charge in [-0.25, -0.2) is 24.0 Å². The molecule has 0 radical (unpaired) electrons. The van der Waals surface area contributed by atoms with Crippen LogP contribution in [0.25, 0.3) is 0 Å². The lowest BCUT2D eigenvalue weighted by atomic mass is 10.9. The van der Waals surface area contributed by atoms with Gasteiger partial charge < -0.3 is 4.74 Å². The zero-order valence-corrected chi connectivity index (χ0v) is 19.8. The third-order valence-corrected chi connectivity index (χ3v) is 1.87. The smallest absolute Gasteiger partial charge is 0.229 e. The average Bonchev–Trinajstić information content (AvgIpc) is 2.55. The van der Waals surface area contributed by atoms with Crippen LogP contribution in [0.15, 0.2) is 5.16 Å². The molecule has 8 nitrogen and oxygen atoms in total. The molecule has 0 aromatic carbocycles. The summed E-state index contributed by atoms with van der Waals surface area (Å²) in [6, 6.07) is 0. The van der Waals surface area contributed by atoms with Gasteiger partial charge in [-0.05, 0) is 33.3 Å². The number of thioether (sulfide) groups is 1. The van der Waals surface area contributed by atoms with Gasteiger partial charge in [0.15, 0.2) is 0 Å². The molecule has 0 bridgehead atoms. The molecule has 0 N–H and O–H groups in total. The first kappa shape index (κ1) is 35.8. The van der Waals surface area contributed by atoms with Crippen LogP contribution < -0.4 is 0 Å². The van der Waals surface area contributed by atoms with Crippen LogP contribution in [-0.2, 0) is 29.9 Å². The van der Waals surface area contributed by atoms with E-state index in [1.807, 2.05) is 64.6 Å². The molecule has 0 saturated carbocycles. The molecule has 0 spiro atoms. The predicted molar refractivity (Wildman–Crippen MR) is 112 cm³/mol. The zero-order chi connectivity index (χ0) is 21.1. The van der Waals surface area contributed by atoms with Gasteiger partial charge in [0.05, 0.1) is 20.0 Å². The van der Waals surface area contributed by atoms with Crippen molar-refractivity contribution in [2.24, 2.45) is 5.16 Å². The van der Waals surface area contributed by atoms with Gasteiger partial charge in [-0.3, -0.25) is 4.28 Å². The first-order chi connectivity index (χ1) is 11.7. The van der Waals surface area contributed by atoms with Gasteiger partial charge in [0.1, 0.15) is 0 Å². The summed E-state index contributed by atoms with van der Waals surface area (Å²) in [5, 5.41) is 7.25. The highest BCUT2D eigenvalue weighted by Crippen LogP contribution is 1.76. The maximum Gasteiger partial charge on any atom is 0.229 e. The Labute approximate surface area is 162 Å². The van der Waals surface area contributed by atoms with E-state index in [0.29, 0.717) is 6.61 Å². The fourth-order valence-corrected chi connectivity index (χ4v) is 0.429. The van der Waals surface area contributed by atoms with Crippen LogP contribution in [0.4, 0.5) is 0 Å². The van der Waals surface area contributed by atoms with E-state index in [9.17, 15) is 4.21 Å². The van der Waals surface area contributed by atoms with Gasteiger partial charge >= 0.3 is 0 Å². The van der Waals surface area contributed by atoms with E-state index in [1.165, 1.54) is 19.6 Å². The lowest BCUT2D eigenvalue weighted by Gasteiger charge is -2.17. The Morgan fingerprint density at radius 2 is 1.40 bits per heavy atom. The van der Waals surface area contributed by atoms with E-state index in [2.05, 4.69) is 24.0 Å². The fraction of sp³-hybridized carbons (Fsp3) is 0.933. The fourth-order valence-electron chi connectivity index (χ4n) is 0.221. The molecule has 0 aliphatic heterocycles. The summed E-state index contributed by atoms with van der Waals surface area (Å²) in [5.41, 5.74) is 0. The highest BCUT2D eigenvalue weighted by atomic mass is 32.2. The van der Waals surface area contributed by atoms with Gasteiger partial charge in [-0.2, -0.15) is 11.8 Å². The molecule has 0 fully saturated rings. The van der Waals surface area contributed by atoms with Crippen LogP contribution in [0.3, 0.4) is 0 Å². The summed E-state index contributed by atoms with van der Waals surface area (Å²) >= 11 is 0.487. The van der Waals surface area contributed by atoms with Crippen LogP contribution in [0.1, 0.15) is 20.8 Å². The molecule has 0 heterocycles. The summed E-state index contributed by atoms with van der Waals surface area (Å²) in [5.74, 6) is 0. The summed E-state index contributed by atoms with van der Waals surface area (Å²) < 4.78 is 18.8. The molecule has 0 aliphatic carbocycles. The first-order valence-electron chi connectivity index (χ1n) is 7.54. The van der Waals surface area contributed by atoms with Crippen LogP contribution in [0, 0.1) is 0 Å². The molecular weight excluding hydrogens is 366 g/mol. The molecule has 0 aromatic heterocycles. The Bertz CT molecular complexity index is 237. The van der Waals surface area contributed by atoms with Gasteiger partial charge in [0, 0.05) is 48.1 Å². The maximum atomic E-state index is 9.98. The van der Waals surface area contributed by atoms with Crippen molar-refractivity contribution < 1.29 is 23.0 Å². The Balaban J connectivity index is -0.0000000687. The number of oxime groups is 1. The van der Waals surface area contributed by atoms with E-state index in [4.69, 9.17) is 0 Å². The summed E-state index contributed by atoms with van der Waals surface area (Å²) in [6.45, 7) is 6.95. The van der Waals surface area contributed by atoms with Gasteiger partial charge in [0.25, 0.3) is 0 Å². The van der Waals surface area contributed by atoms with Crippen molar-refractivity contribution >= 4 is 29.1 Å². The minimum Gasteiger partial charge on any atom is -0.385 e. The molecule has 25 heavy (non-hydrogen) atoms. The number of hydrazine groups is 1. The largest absolute Gasteiger partial charge is 0.385 e. The van der Waals surface area contributed by atoms with E-state index in [-0.39, 0.29) is 0 Å². The molecule has 0 saturated heterocycles. The van der Waals surface area contributed by atoms with Crippen molar-refractivity contribution in [2.75, 3.05) is 74.4 Å². The van der Waals surface area contributed by atoms with Crippen LogP contribution in [-0.4, -0.2) is 94.8 Å². The Morgan fingerprint density at radius 1 is 1.04 bits per heavy atom. The maximum absolute atomic E-state index is 9.98. The molecule has 0 aromatic rings. The van der Waals surface area contributed by atoms with Crippen molar-refractivity contribution in [3.63, 3.8) is 0 Å². The minimum absolute atomic E-state index is 0.622. The Kier molecular flexibility index (Phi) is 55.9. The topological polar surface area (TPSA) is 72.8 Å². The highest BCUT2D eigenvalue weighted by molar-refractivity contribution is 7.97. The number of nitrogens with zero attached hydrogens (tertiary/aromatic N) is 3. The predicted octanol–water partition coefficient (Wildman–Crippen LogP) is 2.54. The molecule has 1 unspecified atom stereocenters. The number of hydrogen-bond donors (Lipinski definition) is 0. The summed E-state index contributed by atoms with van der Waals surface area (Å²) in [7, 11) is 11.2. The average molecular weight is 408 g/mol. The van der Waals surface area contributed by atoms with Gasteiger partial charge in [0.2, 0.25) is 11.1 Å². The number of methoxy groups -OCH3 is 1. The monoisotopic (exact) mass is 407 g/mol. The minimum atomic E-state index is -1.26. The van der Waals surface area contributed by atoms with Crippen LogP contribution in [0.5, 0.6) is 0 Å². The van der Waals surface area contributed by atoms with E-state index >= 15 is 0 Å². The second-order valence-electron chi connectivity index (χ2n) is 4.09. The lowest BCUT2D eigenvalue weighted by Crippen LogP contribution is -2.28. The summed E-state index contributed by atoms with van der Waals surface area (Å²) in [6.07, 6.45) is 6.92. The van der Waals surface area contributed by atoms with Crippen molar-refractivity contribution in [3.8, 4) is 0 Å². The number of ether oxygens (including phenoxy) is 1. The molecule has 158 valence electrons. The number of hydrogen-bond acceptors (Lipinski definition) is 9. The van der Waals surface area contributed by atoms with Crippen molar-refractivity contribution in [2.45, 2.75) is 20.8 Å². The second-order valence-corrected chi connectivity index (χ2v) is 5.86. The Morgan fingerprint density at radius 3 is 1.44 bits per heavy atom. The molecule has 10 heteroatoms. The third kappa shape index (κ3) is 97.1. The summed E-state index contributed by atoms with van der Waals surface area (Å²) in [4.78, 5) is 8.52. The zero-order valence-electron chi connectivity index (χ0n) is 18.2. The van der Waals surface area contributed by atoms with Crippen molar-refractivity contribution in [3.05, 3.63) is 0 Å². The van der Waals surface area contributed by atoms with Gasteiger partial charge in [-0.15, -0.1) is 0 Å². The SMILES string of the molecule is C/C=N\OS(C)=O.CCOC.CCOOC.CN(C)N(C)C.CSC. The molecule has 0 amide bonds. The second kappa shape index (κ2) is 39.0.